The van der Waals surface area contributed by atoms with E-state index in [2.05, 4.69) is 41.0 Å². The van der Waals surface area contributed by atoms with Crippen molar-refractivity contribution in [3.63, 3.8) is 0 Å². The number of para-hydroxylation sites is 1. The quantitative estimate of drug-likeness (QED) is 0.286. The molecule has 0 bridgehead atoms. The van der Waals surface area contributed by atoms with Crippen molar-refractivity contribution in [3.8, 4) is 0 Å². The van der Waals surface area contributed by atoms with Gasteiger partial charge in [0.2, 0.25) is 5.91 Å². The summed E-state index contributed by atoms with van der Waals surface area (Å²) in [5, 5.41) is 5.65. The Kier molecular flexibility index (Phi) is 5.48. The SMILES string of the molecule is CC(C)(C)C1CCc2c(sc3ncnc(SCC(=O)Nc4nc5ccccc5s4)c23)C1. The highest BCUT2D eigenvalue weighted by molar-refractivity contribution is 8.00. The van der Waals surface area contributed by atoms with Crippen LogP contribution in [-0.4, -0.2) is 26.6 Å². The van der Waals surface area contributed by atoms with Crippen LogP contribution in [0.15, 0.2) is 35.6 Å². The molecule has 0 aliphatic heterocycles. The zero-order chi connectivity index (χ0) is 21.6. The standard InChI is InChI=1S/C23H24N4OS3/c1-23(2,3)13-8-9-14-17(10-13)30-21-19(14)20(24-12-25-21)29-11-18(28)27-22-26-15-6-4-5-7-16(15)31-22/h4-7,12-13H,8-11H2,1-3H3,(H,26,27,28). The molecule has 1 aliphatic rings. The van der Waals surface area contributed by atoms with E-state index in [9.17, 15) is 4.79 Å². The normalized spacial score (nSPS) is 16.5. The van der Waals surface area contributed by atoms with Gasteiger partial charge in [-0.05, 0) is 48.3 Å². The average Bonchev–Trinajstić information content (AvgIpc) is 3.31. The van der Waals surface area contributed by atoms with E-state index in [4.69, 9.17) is 0 Å². The molecule has 1 aromatic carbocycles. The number of nitrogens with zero attached hydrogens (tertiary/aromatic N) is 3. The number of anilines is 1. The molecule has 8 heteroatoms. The fourth-order valence-corrected chi connectivity index (χ4v) is 7.18. The molecule has 1 amide bonds. The summed E-state index contributed by atoms with van der Waals surface area (Å²) < 4.78 is 1.07. The van der Waals surface area contributed by atoms with Crippen LogP contribution in [0.25, 0.3) is 20.4 Å². The van der Waals surface area contributed by atoms with Gasteiger partial charge in [-0.2, -0.15) is 0 Å². The number of fused-ring (bicyclic) bond motifs is 4. The molecule has 5 rings (SSSR count). The van der Waals surface area contributed by atoms with E-state index < -0.39 is 0 Å². The first-order chi connectivity index (χ1) is 14.9. The van der Waals surface area contributed by atoms with Crippen molar-refractivity contribution in [2.45, 2.75) is 45.1 Å². The van der Waals surface area contributed by atoms with Crippen molar-refractivity contribution in [1.82, 2.24) is 15.0 Å². The molecule has 1 N–H and O–H groups in total. The highest BCUT2D eigenvalue weighted by atomic mass is 32.2. The van der Waals surface area contributed by atoms with Gasteiger partial charge in [0.25, 0.3) is 0 Å². The second-order valence-electron chi connectivity index (χ2n) is 8.99. The first-order valence-electron chi connectivity index (χ1n) is 10.4. The number of amides is 1. The van der Waals surface area contributed by atoms with Crippen LogP contribution in [0.4, 0.5) is 5.13 Å². The van der Waals surface area contributed by atoms with Crippen molar-refractivity contribution < 1.29 is 4.79 Å². The summed E-state index contributed by atoms with van der Waals surface area (Å²) in [4.78, 5) is 28.6. The molecule has 0 saturated carbocycles. The summed E-state index contributed by atoms with van der Waals surface area (Å²) in [6, 6.07) is 7.90. The number of hydrogen-bond acceptors (Lipinski definition) is 7. The van der Waals surface area contributed by atoms with Crippen LogP contribution in [0.1, 0.15) is 37.6 Å². The molecule has 1 aliphatic carbocycles. The van der Waals surface area contributed by atoms with Crippen LogP contribution < -0.4 is 5.32 Å². The number of thiazole rings is 1. The second-order valence-corrected chi connectivity index (χ2v) is 12.1. The van der Waals surface area contributed by atoms with E-state index in [0.29, 0.717) is 22.2 Å². The van der Waals surface area contributed by atoms with Gasteiger partial charge in [-0.3, -0.25) is 4.79 Å². The lowest BCUT2D eigenvalue weighted by molar-refractivity contribution is -0.113. The lowest BCUT2D eigenvalue weighted by Crippen LogP contribution is -2.26. The smallest absolute Gasteiger partial charge is 0.236 e. The first kappa shape index (κ1) is 20.8. The number of thioether (sulfide) groups is 1. The summed E-state index contributed by atoms with van der Waals surface area (Å²) in [5.74, 6) is 0.932. The maximum absolute atomic E-state index is 12.6. The van der Waals surface area contributed by atoms with Crippen LogP contribution in [0.2, 0.25) is 0 Å². The molecule has 0 spiro atoms. The molecule has 1 unspecified atom stereocenters. The van der Waals surface area contributed by atoms with E-state index in [1.165, 1.54) is 40.0 Å². The largest absolute Gasteiger partial charge is 0.301 e. The molecular formula is C23H24N4OS3. The van der Waals surface area contributed by atoms with Crippen LogP contribution in [-0.2, 0) is 17.6 Å². The molecule has 0 fully saturated rings. The van der Waals surface area contributed by atoms with Gasteiger partial charge in [0, 0.05) is 10.3 Å². The fourth-order valence-electron chi connectivity index (χ4n) is 4.14. The molecule has 31 heavy (non-hydrogen) atoms. The van der Waals surface area contributed by atoms with Gasteiger partial charge in [-0.25, -0.2) is 15.0 Å². The average molecular weight is 469 g/mol. The minimum absolute atomic E-state index is 0.0623. The predicted octanol–water partition coefficient (Wildman–Crippen LogP) is 6.18. The van der Waals surface area contributed by atoms with Gasteiger partial charge < -0.3 is 5.32 Å². The van der Waals surface area contributed by atoms with Gasteiger partial charge in [0.05, 0.1) is 16.0 Å². The van der Waals surface area contributed by atoms with Crippen molar-refractivity contribution in [2.24, 2.45) is 11.3 Å². The Balaban J connectivity index is 1.32. The Morgan fingerprint density at radius 2 is 2.06 bits per heavy atom. The maximum atomic E-state index is 12.6. The van der Waals surface area contributed by atoms with Gasteiger partial charge in [-0.1, -0.05) is 56.0 Å². The van der Waals surface area contributed by atoms with Crippen molar-refractivity contribution >= 4 is 65.9 Å². The fraction of sp³-hybridized carbons (Fsp3) is 0.391. The number of aryl methyl sites for hydroxylation is 1. The van der Waals surface area contributed by atoms with E-state index in [-0.39, 0.29) is 5.91 Å². The highest BCUT2D eigenvalue weighted by Crippen LogP contribution is 2.44. The summed E-state index contributed by atoms with van der Waals surface area (Å²) in [6.07, 6.45) is 5.00. The third-order valence-corrected chi connectivity index (χ3v) is 9.02. The van der Waals surface area contributed by atoms with E-state index in [1.807, 2.05) is 24.3 Å². The van der Waals surface area contributed by atoms with Gasteiger partial charge >= 0.3 is 0 Å². The van der Waals surface area contributed by atoms with Gasteiger partial charge in [0.15, 0.2) is 5.13 Å². The molecule has 3 heterocycles. The molecule has 3 aromatic heterocycles. The zero-order valence-electron chi connectivity index (χ0n) is 17.8. The topological polar surface area (TPSA) is 67.8 Å². The molecule has 1 atom stereocenters. The number of benzene rings is 1. The third kappa shape index (κ3) is 4.21. The second kappa shape index (κ2) is 8.15. The number of rotatable bonds is 4. The molecule has 0 saturated heterocycles. The van der Waals surface area contributed by atoms with E-state index >= 15 is 0 Å². The Morgan fingerprint density at radius 1 is 1.23 bits per heavy atom. The van der Waals surface area contributed by atoms with Gasteiger partial charge in [-0.15, -0.1) is 11.3 Å². The minimum Gasteiger partial charge on any atom is -0.301 e. The van der Waals surface area contributed by atoms with Crippen LogP contribution in [0.3, 0.4) is 0 Å². The summed E-state index contributed by atoms with van der Waals surface area (Å²) >= 11 is 4.78. The van der Waals surface area contributed by atoms with E-state index in [1.54, 1.807) is 17.7 Å². The Bertz CT molecular complexity index is 1240. The van der Waals surface area contributed by atoms with Crippen LogP contribution >= 0.6 is 34.4 Å². The molecule has 0 radical (unpaired) electrons. The third-order valence-electron chi connectivity index (χ3n) is 5.92. The molecule has 4 aromatic rings. The van der Waals surface area contributed by atoms with Crippen molar-refractivity contribution in [1.29, 1.82) is 0 Å². The number of hydrogen-bond donors (Lipinski definition) is 1. The Morgan fingerprint density at radius 3 is 2.87 bits per heavy atom. The maximum Gasteiger partial charge on any atom is 0.236 e. The number of thiophene rings is 1. The Labute approximate surface area is 193 Å². The highest BCUT2D eigenvalue weighted by Gasteiger charge is 2.31. The van der Waals surface area contributed by atoms with Crippen molar-refractivity contribution in [2.75, 3.05) is 11.1 Å². The van der Waals surface area contributed by atoms with Crippen LogP contribution in [0.5, 0.6) is 0 Å². The Hall–Kier alpha value is -2.03. The lowest BCUT2D eigenvalue weighted by Gasteiger charge is -2.33. The number of aromatic nitrogens is 3. The molecule has 160 valence electrons. The lowest BCUT2D eigenvalue weighted by atomic mass is 9.72. The predicted molar refractivity (Wildman–Crippen MR) is 131 cm³/mol. The molecular weight excluding hydrogens is 444 g/mol. The van der Waals surface area contributed by atoms with Crippen LogP contribution in [0, 0.1) is 11.3 Å². The van der Waals surface area contributed by atoms with Crippen molar-refractivity contribution in [3.05, 3.63) is 41.0 Å². The number of nitrogens with one attached hydrogen (secondary N) is 1. The number of carbonyl (C=O) groups is 1. The first-order valence-corrected chi connectivity index (χ1v) is 13.0. The zero-order valence-corrected chi connectivity index (χ0v) is 20.2. The monoisotopic (exact) mass is 468 g/mol. The van der Waals surface area contributed by atoms with E-state index in [0.717, 1.165) is 38.3 Å². The van der Waals surface area contributed by atoms with Gasteiger partial charge in [0.1, 0.15) is 16.2 Å². The minimum atomic E-state index is -0.0623. The summed E-state index contributed by atoms with van der Waals surface area (Å²) in [5.41, 5.74) is 2.62. The molecule has 5 nitrogen and oxygen atoms in total. The summed E-state index contributed by atoms with van der Waals surface area (Å²) in [6.45, 7) is 7.00. The number of carbonyl (C=O) groups excluding carboxylic acids is 1. The summed E-state index contributed by atoms with van der Waals surface area (Å²) in [7, 11) is 0.